The Morgan fingerprint density at radius 3 is 2.84 bits per heavy atom. The summed E-state index contributed by atoms with van der Waals surface area (Å²) in [5.41, 5.74) is 0.759. The Labute approximate surface area is 149 Å². The molecule has 2 rings (SSSR count). The number of hydrogen-bond donors (Lipinski definition) is 2. The molecular weight excluding hydrogens is 346 g/mol. The molecule has 0 aliphatic carbocycles. The Morgan fingerprint density at radius 1 is 1.28 bits per heavy atom. The van der Waals surface area contributed by atoms with Gasteiger partial charge >= 0.3 is 6.03 Å². The third kappa shape index (κ3) is 5.47. The molecule has 10 heteroatoms. The van der Waals surface area contributed by atoms with E-state index in [1.54, 1.807) is 11.7 Å². The van der Waals surface area contributed by atoms with Gasteiger partial charge < -0.3 is 14.8 Å². The lowest BCUT2D eigenvalue weighted by Crippen LogP contribution is -2.41. The molecule has 1 aromatic heterocycles. The zero-order chi connectivity index (χ0) is 18.1. The second kappa shape index (κ2) is 9.64. The maximum Gasteiger partial charge on any atom is 0.321 e. The van der Waals surface area contributed by atoms with Crippen LogP contribution in [0.5, 0.6) is 5.75 Å². The number of carbonyl (C=O) groups is 2. The van der Waals surface area contributed by atoms with Crippen molar-refractivity contribution < 1.29 is 19.1 Å². The molecular formula is C15H19N5O4S. The maximum absolute atomic E-state index is 11.8. The van der Waals surface area contributed by atoms with Gasteiger partial charge in [0, 0.05) is 13.7 Å². The average molecular weight is 365 g/mol. The summed E-state index contributed by atoms with van der Waals surface area (Å²) >= 11 is 1.16. The van der Waals surface area contributed by atoms with E-state index in [1.807, 2.05) is 24.3 Å². The highest BCUT2D eigenvalue weighted by atomic mass is 32.2. The van der Waals surface area contributed by atoms with E-state index in [0.29, 0.717) is 24.1 Å². The molecule has 0 radical (unpaired) electrons. The van der Waals surface area contributed by atoms with E-state index in [9.17, 15) is 9.59 Å². The van der Waals surface area contributed by atoms with E-state index in [0.717, 1.165) is 17.4 Å². The number of methoxy groups -OCH3 is 2. The summed E-state index contributed by atoms with van der Waals surface area (Å²) in [4.78, 5) is 23.4. The highest BCUT2D eigenvalue weighted by Gasteiger charge is 2.14. The van der Waals surface area contributed by atoms with Crippen LogP contribution in [0.3, 0.4) is 0 Å². The molecule has 0 saturated carbocycles. The summed E-state index contributed by atoms with van der Waals surface area (Å²) in [5, 5.41) is 13.1. The van der Waals surface area contributed by atoms with E-state index in [1.165, 1.54) is 13.4 Å². The molecule has 0 spiro atoms. The van der Waals surface area contributed by atoms with Crippen LogP contribution in [0.4, 0.5) is 4.79 Å². The molecule has 0 bridgehead atoms. The van der Waals surface area contributed by atoms with Gasteiger partial charge in [0.05, 0.1) is 25.2 Å². The minimum atomic E-state index is -0.561. The van der Waals surface area contributed by atoms with Crippen molar-refractivity contribution in [1.29, 1.82) is 0 Å². The fourth-order valence-corrected chi connectivity index (χ4v) is 2.64. The predicted molar refractivity (Wildman–Crippen MR) is 92.1 cm³/mol. The van der Waals surface area contributed by atoms with Crippen LogP contribution in [-0.2, 0) is 9.53 Å². The summed E-state index contributed by atoms with van der Waals surface area (Å²) in [6.07, 6.45) is 1.54. The molecule has 0 saturated heterocycles. The molecule has 0 aliphatic heterocycles. The van der Waals surface area contributed by atoms with Crippen molar-refractivity contribution in [2.75, 3.05) is 33.1 Å². The van der Waals surface area contributed by atoms with Gasteiger partial charge in [-0.25, -0.2) is 4.79 Å². The molecule has 2 aromatic rings. The van der Waals surface area contributed by atoms with Crippen molar-refractivity contribution in [2.24, 2.45) is 0 Å². The number of amides is 3. The predicted octanol–water partition coefficient (Wildman–Crippen LogP) is 0.840. The van der Waals surface area contributed by atoms with Gasteiger partial charge in [0.1, 0.15) is 12.1 Å². The zero-order valence-electron chi connectivity index (χ0n) is 13.9. The third-order valence-electron chi connectivity index (χ3n) is 3.04. The third-order valence-corrected chi connectivity index (χ3v) is 3.98. The van der Waals surface area contributed by atoms with Crippen LogP contribution >= 0.6 is 11.8 Å². The molecule has 9 nitrogen and oxygen atoms in total. The van der Waals surface area contributed by atoms with E-state index in [-0.39, 0.29) is 5.75 Å². The molecule has 1 heterocycles. The Hall–Kier alpha value is -2.59. The number of nitrogens with zero attached hydrogens (tertiary/aromatic N) is 3. The number of urea groups is 1. The van der Waals surface area contributed by atoms with Crippen LogP contribution in [-0.4, -0.2) is 59.8 Å². The summed E-state index contributed by atoms with van der Waals surface area (Å²) in [6, 6.07) is 6.84. The quantitative estimate of drug-likeness (QED) is 0.527. The SMILES string of the molecule is COCCNC(=O)NC(=O)CSc1nncn1-c1ccccc1OC. The van der Waals surface area contributed by atoms with Gasteiger partial charge in [-0.1, -0.05) is 23.9 Å². The Bertz CT molecular complexity index is 721. The first kappa shape index (κ1) is 18.7. The van der Waals surface area contributed by atoms with Gasteiger partial charge in [0.25, 0.3) is 0 Å². The Balaban J connectivity index is 1.93. The van der Waals surface area contributed by atoms with Crippen LogP contribution in [0.25, 0.3) is 5.69 Å². The van der Waals surface area contributed by atoms with Gasteiger partial charge in [0.2, 0.25) is 5.91 Å². The zero-order valence-corrected chi connectivity index (χ0v) is 14.7. The summed E-state index contributed by atoms with van der Waals surface area (Å²) in [7, 11) is 3.10. The summed E-state index contributed by atoms with van der Waals surface area (Å²) in [5.74, 6) is 0.242. The number of thioether (sulfide) groups is 1. The van der Waals surface area contributed by atoms with Crippen molar-refractivity contribution in [2.45, 2.75) is 5.16 Å². The summed E-state index contributed by atoms with van der Waals surface area (Å²) < 4.78 is 11.8. The summed E-state index contributed by atoms with van der Waals surface area (Å²) in [6.45, 7) is 0.698. The molecule has 0 fully saturated rings. The van der Waals surface area contributed by atoms with E-state index in [4.69, 9.17) is 9.47 Å². The minimum Gasteiger partial charge on any atom is -0.495 e. The lowest BCUT2D eigenvalue weighted by atomic mass is 10.3. The van der Waals surface area contributed by atoms with Crippen molar-refractivity contribution in [3.05, 3.63) is 30.6 Å². The first-order valence-corrected chi connectivity index (χ1v) is 8.37. The average Bonchev–Trinajstić information content (AvgIpc) is 3.08. The smallest absolute Gasteiger partial charge is 0.321 e. The number of nitrogens with one attached hydrogen (secondary N) is 2. The van der Waals surface area contributed by atoms with Gasteiger partial charge in [-0.2, -0.15) is 0 Å². The molecule has 0 atom stereocenters. The monoisotopic (exact) mass is 365 g/mol. The van der Waals surface area contributed by atoms with Gasteiger partial charge in [-0.05, 0) is 12.1 Å². The molecule has 134 valence electrons. The fourth-order valence-electron chi connectivity index (χ4n) is 1.92. The maximum atomic E-state index is 11.8. The van der Waals surface area contributed by atoms with E-state index in [2.05, 4.69) is 20.8 Å². The largest absolute Gasteiger partial charge is 0.495 e. The van der Waals surface area contributed by atoms with Gasteiger partial charge in [-0.15, -0.1) is 10.2 Å². The van der Waals surface area contributed by atoms with Crippen LogP contribution in [0.1, 0.15) is 0 Å². The van der Waals surface area contributed by atoms with Crippen molar-refractivity contribution >= 4 is 23.7 Å². The van der Waals surface area contributed by atoms with Gasteiger partial charge in [-0.3, -0.25) is 14.7 Å². The molecule has 3 amide bonds. The first-order chi connectivity index (χ1) is 12.2. The van der Waals surface area contributed by atoms with Gasteiger partial charge in [0.15, 0.2) is 5.16 Å². The van der Waals surface area contributed by atoms with Crippen molar-refractivity contribution in [3.63, 3.8) is 0 Å². The number of ether oxygens (including phenoxy) is 2. The van der Waals surface area contributed by atoms with E-state index >= 15 is 0 Å². The molecule has 2 N–H and O–H groups in total. The standard InChI is InChI=1S/C15H19N5O4S/c1-23-8-7-16-14(22)18-13(21)9-25-15-19-17-10-20(15)11-5-3-4-6-12(11)24-2/h3-6,10H,7-9H2,1-2H3,(H2,16,18,21,22). The lowest BCUT2D eigenvalue weighted by molar-refractivity contribution is -0.117. The number of para-hydroxylation sites is 2. The number of hydrogen-bond acceptors (Lipinski definition) is 7. The van der Waals surface area contributed by atoms with Crippen LogP contribution in [0.2, 0.25) is 0 Å². The number of benzene rings is 1. The van der Waals surface area contributed by atoms with Crippen molar-refractivity contribution in [1.82, 2.24) is 25.4 Å². The topological polar surface area (TPSA) is 107 Å². The van der Waals surface area contributed by atoms with Crippen LogP contribution < -0.4 is 15.4 Å². The number of aromatic nitrogens is 3. The minimum absolute atomic E-state index is 0.0194. The first-order valence-electron chi connectivity index (χ1n) is 7.38. The molecule has 25 heavy (non-hydrogen) atoms. The highest BCUT2D eigenvalue weighted by Crippen LogP contribution is 2.26. The Kier molecular flexibility index (Phi) is 7.23. The van der Waals surface area contributed by atoms with Crippen molar-refractivity contribution in [3.8, 4) is 11.4 Å². The Morgan fingerprint density at radius 2 is 2.08 bits per heavy atom. The van der Waals surface area contributed by atoms with Crippen LogP contribution in [0, 0.1) is 0 Å². The molecule has 1 aromatic carbocycles. The van der Waals surface area contributed by atoms with E-state index < -0.39 is 11.9 Å². The van der Waals surface area contributed by atoms with Crippen LogP contribution in [0.15, 0.2) is 35.7 Å². The second-order valence-corrected chi connectivity index (χ2v) is 5.68. The molecule has 0 unspecified atom stereocenters. The second-order valence-electron chi connectivity index (χ2n) is 4.74. The highest BCUT2D eigenvalue weighted by molar-refractivity contribution is 7.99. The number of imide groups is 1. The normalized spacial score (nSPS) is 10.3. The lowest BCUT2D eigenvalue weighted by Gasteiger charge is -2.10. The number of carbonyl (C=O) groups excluding carboxylic acids is 2. The number of rotatable bonds is 8. The fraction of sp³-hybridized carbons (Fsp3) is 0.333. The molecule has 0 aliphatic rings.